The third-order valence-electron chi connectivity index (χ3n) is 5.26. The van der Waals surface area contributed by atoms with E-state index in [0.717, 1.165) is 33.4 Å². The molecule has 0 unspecified atom stereocenters. The van der Waals surface area contributed by atoms with Crippen LogP contribution in [0.3, 0.4) is 0 Å². The maximum Gasteiger partial charge on any atom is 0.255 e. The Morgan fingerprint density at radius 1 is 0.969 bits per heavy atom. The van der Waals surface area contributed by atoms with Gasteiger partial charge in [0.15, 0.2) is 0 Å². The van der Waals surface area contributed by atoms with E-state index in [1.54, 1.807) is 4.52 Å². The number of aromatic nitrogens is 4. The number of rotatable bonds is 5. The zero-order chi connectivity index (χ0) is 22.1. The molecule has 0 spiro atoms. The van der Waals surface area contributed by atoms with Crippen LogP contribution in [0, 0.1) is 13.8 Å². The summed E-state index contributed by atoms with van der Waals surface area (Å²) in [6.45, 7) is 3.93. The normalized spacial score (nSPS) is 11.2. The number of hydrogen-bond donors (Lipinski definition) is 1. The quantitative estimate of drug-likeness (QED) is 0.369. The third-order valence-corrected chi connectivity index (χ3v) is 6.14. The van der Waals surface area contributed by atoms with Gasteiger partial charge >= 0.3 is 0 Å². The van der Waals surface area contributed by atoms with Crippen molar-refractivity contribution in [2.45, 2.75) is 24.8 Å². The van der Waals surface area contributed by atoms with E-state index in [2.05, 4.69) is 20.4 Å². The molecule has 158 valence electrons. The maximum absolute atomic E-state index is 13.1. The molecule has 5 aromatic rings. The van der Waals surface area contributed by atoms with E-state index in [1.165, 1.54) is 11.8 Å². The number of fused-ring (bicyclic) bond motifs is 2. The van der Waals surface area contributed by atoms with Gasteiger partial charge in [0.1, 0.15) is 0 Å². The molecule has 0 aliphatic heterocycles. The minimum atomic E-state index is -0.131. The maximum atomic E-state index is 13.1. The van der Waals surface area contributed by atoms with Crippen LogP contribution in [0.2, 0.25) is 0 Å². The Balaban J connectivity index is 1.38. The number of nitrogens with one attached hydrogen (secondary N) is 1. The Labute approximate surface area is 189 Å². The number of anilines is 1. The highest BCUT2D eigenvalue weighted by molar-refractivity contribution is 7.98. The first-order valence-electron chi connectivity index (χ1n) is 10.3. The second kappa shape index (κ2) is 8.43. The molecule has 0 radical (unpaired) electrons. The second-order valence-electron chi connectivity index (χ2n) is 7.57. The second-order valence-corrected chi connectivity index (χ2v) is 8.51. The third kappa shape index (κ3) is 3.94. The first-order valence-corrected chi connectivity index (χ1v) is 11.3. The lowest BCUT2D eigenvalue weighted by Crippen LogP contribution is -2.14. The van der Waals surface area contributed by atoms with Gasteiger partial charge in [-0.2, -0.15) is 4.98 Å². The highest BCUT2D eigenvalue weighted by Crippen LogP contribution is 2.26. The molecule has 0 saturated heterocycles. The SMILES string of the molecule is Cc1cc(C)n2nc(SCc3ccccc3C(=O)Nc3cccc4ccccc34)nc2n1. The van der Waals surface area contributed by atoms with E-state index in [1.807, 2.05) is 86.6 Å². The van der Waals surface area contributed by atoms with Crippen molar-refractivity contribution in [1.29, 1.82) is 0 Å². The fourth-order valence-corrected chi connectivity index (χ4v) is 4.57. The number of thioether (sulfide) groups is 1. The van der Waals surface area contributed by atoms with Gasteiger partial charge in [-0.25, -0.2) is 9.50 Å². The molecule has 0 atom stereocenters. The summed E-state index contributed by atoms with van der Waals surface area (Å²) in [5, 5.41) is 10.4. The van der Waals surface area contributed by atoms with Crippen LogP contribution in [0.15, 0.2) is 78.0 Å². The predicted octanol–water partition coefficient (Wildman–Crippen LogP) is 5.44. The summed E-state index contributed by atoms with van der Waals surface area (Å²) < 4.78 is 1.74. The van der Waals surface area contributed by atoms with E-state index in [9.17, 15) is 4.79 Å². The van der Waals surface area contributed by atoms with Crippen LogP contribution >= 0.6 is 11.8 Å². The molecule has 1 amide bonds. The first-order chi connectivity index (χ1) is 15.6. The van der Waals surface area contributed by atoms with Crippen LogP contribution in [-0.2, 0) is 5.75 Å². The lowest BCUT2D eigenvalue weighted by molar-refractivity contribution is 0.102. The van der Waals surface area contributed by atoms with Crippen molar-refractivity contribution in [3.05, 3.63) is 95.3 Å². The Hall–Kier alpha value is -3.71. The van der Waals surface area contributed by atoms with Crippen molar-refractivity contribution in [2.75, 3.05) is 5.32 Å². The van der Waals surface area contributed by atoms with Crippen LogP contribution in [0.4, 0.5) is 5.69 Å². The molecule has 0 saturated carbocycles. The average Bonchev–Trinajstić information content (AvgIpc) is 3.21. The monoisotopic (exact) mass is 439 g/mol. The number of benzene rings is 3. The van der Waals surface area contributed by atoms with Crippen molar-refractivity contribution >= 4 is 39.9 Å². The Bertz CT molecular complexity index is 1450. The molecule has 5 rings (SSSR count). The Kier molecular flexibility index (Phi) is 5.33. The fraction of sp³-hybridized carbons (Fsp3) is 0.120. The molecule has 0 aliphatic rings. The van der Waals surface area contributed by atoms with E-state index in [-0.39, 0.29) is 5.91 Å². The van der Waals surface area contributed by atoms with Gasteiger partial charge < -0.3 is 5.32 Å². The molecule has 2 heterocycles. The van der Waals surface area contributed by atoms with Crippen molar-refractivity contribution < 1.29 is 4.79 Å². The molecular formula is C25H21N5OS. The molecule has 1 N–H and O–H groups in total. The van der Waals surface area contributed by atoms with E-state index in [0.29, 0.717) is 22.3 Å². The van der Waals surface area contributed by atoms with Crippen molar-refractivity contribution in [3.63, 3.8) is 0 Å². The lowest BCUT2D eigenvalue weighted by atomic mass is 10.1. The zero-order valence-electron chi connectivity index (χ0n) is 17.7. The minimum Gasteiger partial charge on any atom is -0.321 e. The lowest BCUT2D eigenvalue weighted by Gasteiger charge is -2.11. The fourth-order valence-electron chi connectivity index (χ4n) is 3.74. The van der Waals surface area contributed by atoms with E-state index in [4.69, 9.17) is 0 Å². The molecule has 7 heteroatoms. The molecule has 2 aromatic heterocycles. The number of hydrogen-bond acceptors (Lipinski definition) is 5. The van der Waals surface area contributed by atoms with Gasteiger partial charge in [-0.3, -0.25) is 4.79 Å². The average molecular weight is 440 g/mol. The summed E-state index contributed by atoms with van der Waals surface area (Å²) >= 11 is 1.49. The summed E-state index contributed by atoms with van der Waals surface area (Å²) in [5.74, 6) is 1.04. The highest BCUT2D eigenvalue weighted by Gasteiger charge is 2.14. The summed E-state index contributed by atoms with van der Waals surface area (Å²) in [5.41, 5.74) is 4.27. The van der Waals surface area contributed by atoms with Crippen LogP contribution in [0.5, 0.6) is 0 Å². The summed E-state index contributed by atoms with van der Waals surface area (Å²) in [7, 11) is 0. The van der Waals surface area contributed by atoms with Crippen LogP contribution in [0.25, 0.3) is 16.6 Å². The van der Waals surface area contributed by atoms with Crippen molar-refractivity contribution in [1.82, 2.24) is 19.6 Å². The van der Waals surface area contributed by atoms with Gasteiger partial charge in [0.2, 0.25) is 5.16 Å². The van der Waals surface area contributed by atoms with E-state index < -0.39 is 0 Å². The Morgan fingerprint density at radius 3 is 2.66 bits per heavy atom. The molecule has 0 fully saturated rings. The predicted molar refractivity (Wildman–Crippen MR) is 128 cm³/mol. The molecule has 6 nitrogen and oxygen atoms in total. The number of carbonyl (C=O) groups is 1. The van der Waals surface area contributed by atoms with Gasteiger partial charge in [-0.05, 0) is 43.0 Å². The van der Waals surface area contributed by atoms with Crippen molar-refractivity contribution in [2.24, 2.45) is 0 Å². The molecule has 0 bridgehead atoms. The van der Waals surface area contributed by atoms with E-state index >= 15 is 0 Å². The van der Waals surface area contributed by atoms with Gasteiger partial charge in [0.05, 0.1) is 0 Å². The van der Waals surface area contributed by atoms with Gasteiger partial charge in [0, 0.05) is 33.8 Å². The van der Waals surface area contributed by atoms with Crippen molar-refractivity contribution in [3.8, 4) is 0 Å². The Morgan fingerprint density at radius 2 is 1.75 bits per heavy atom. The molecule has 3 aromatic carbocycles. The minimum absolute atomic E-state index is 0.131. The zero-order valence-corrected chi connectivity index (χ0v) is 18.6. The smallest absolute Gasteiger partial charge is 0.255 e. The standard InChI is InChI=1S/C25H21N5OS/c1-16-14-17(2)30-24(26-16)28-25(29-30)32-15-19-9-4-6-12-21(19)23(31)27-22-13-7-10-18-8-3-5-11-20(18)22/h3-14H,15H2,1-2H3,(H,27,31). The summed E-state index contributed by atoms with van der Waals surface area (Å²) in [6, 6.07) is 23.5. The topological polar surface area (TPSA) is 72.2 Å². The molecule has 32 heavy (non-hydrogen) atoms. The van der Waals surface area contributed by atoms with Gasteiger partial charge in [-0.15, -0.1) is 5.10 Å². The number of carbonyl (C=O) groups excluding carboxylic acids is 1. The summed E-state index contributed by atoms with van der Waals surface area (Å²) in [4.78, 5) is 22.1. The highest BCUT2D eigenvalue weighted by atomic mass is 32.2. The van der Waals surface area contributed by atoms with Gasteiger partial charge in [0.25, 0.3) is 11.7 Å². The first kappa shape index (κ1) is 20.2. The number of amides is 1. The van der Waals surface area contributed by atoms with Crippen LogP contribution in [0.1, 0.15) is 27.3 Å². The molecular weight excluding hydrogens is 418 g/mol. The summed E-state index contributed by atoms with van der Waals surface area (Å²) in [6.07, 6.45) is 0. The molecule has 0 aliphatic carbocycles. The largest absolute Gasteiger partial charge is 0.321 e. The van der Waals surface area contributed by atoms with Crippen LogP contribution in [-0.4, -0.2) is 25.5 Å². The number of aryl methyl sites for hydroxylation is 2. The van der Waals surface area contributed by atoms with Crippen LogP contribution < -0.4 is 5.32 Å². The van der Waals surface area contributed by atoms with Gasteiger partial charge in [-0.1, -0.05) is 66.4 Å². The number of nitrogens with zero attached hydrogens (tertiary/aromatic N) is 4.